The minimum absolute atomic E-state index is 0.0671. The molecule has 0 bridgehead atoms. The van der Waals surface area contributed by atoms with Gasteiger partial charge in [-0.1, -0.05) is 19.3 Å². The highest BCUT2D eigenvalue weighted by Crippen LogP contribution is 2.43. The van der Waals surface area contributed by atoms with E-state index in [4.69, 9.17) is 4.74 Å². The van der Waals surface area contributed by atoms with Gasteiger partial charge in [0.1, 0.15) is 6.23 Å². The van der Waals surface area contributed by atoms with Gasteiger partial charge >= 0.3 is 0 Å². The second kappa shape index (κ2) is 4.95. The van der Waals surface area contributed by atoms with Gasteiger partial charge in [-0.3, -0.25) is 4.79 Å². The average Bonchev–Trinajstić information content (AvgIpc) is 2.63. The molecule has 0 aromatic heterocycles. The van der Waals surface area contributed by atoms with Crippen molar-refractivity contribution in [3.8, 4) is 0 Å². The SMILES string of the molecule is CC1(C)CC2(CC(C)(C)N1)OC(C1CCCCC1)NC2=O. The predicted molar refractivity (Wildman–Crippen MR) is 82.8 cm³/mol. The van der Waals surface area contributed by atoms with Gasteiger partial charge in [0, 0.05) is 29.8 Å². The summed E-state index contributed by atoms with van der Waals surface area (Å²) in [7, 11) is 0. The third kappa shape index (κ3) is 2.98. The second-order valence-electron chi connectivity index (χ2n) is 8.65. The van der Waals surface area contributed by atoms with Crippen molar-refractivity contribution in [2.45, 2.75) is 95.5 Å². The number of nitrogens with one attached hydrogen (secondary N) is 2. The van der Waals surface area contributed by atoms with E-state index in [2.05, 4.69) is 38.3 Å². The van der Waals surface area contributed by atoms with Crippen molar-refractivity contribution in [1.29, 1.82) is 0 Å². The van der Waals surface area contributed by atoms with Gasteiger partial charge in [0.25, 0.3) is 5.91 Å². The molecule has 1 amide bonds. The average molecular weight is 294 g/mol. The molecule has 2 N–H and O–H groups in total. The van der Waals surface area contributed by atoms with E-state index in [1.165, 1.54) is 32.1 Å². The van der Waals surface area contributed by atoms with Crippen LogP contribution in [0.4, 0.5) is 0 Å². The Hall–Kier alpha value is -0.610. The van der Waals surface area contributed by atoms with Crippen LogP contribution in [-0.2, 0) is 9.53 Å². The van der Waals surface area contributed by atoms with E-state index in [-0.39, 0.29) is 23.2 Å². The second-order valence-corrected chi connectivity index (χ2v) is 8.65. The number of ether oxygens (including phenoxy) is 1. The maximum atomic E-state index is 12.7. The van der Waals surface area contributed by atoms with Gasteiger partial charge in [0.2, 0.25) is 0 Å². The lowest BCUT2D eigenvalue weighted by Crippen LogP contribution is -2.65. The molecule has 120 valence electrons. The highest BCUT2D eigenvalue weighted by molar-refractivity contribution is 5.87. The Morgan fingerprint density at radius 2 is 1.57 bits per heavy atom. The van der Waals surface area contributed by atoms with Gasteiger partial charge in [-0.15, -0.1) is 0 Å². The minimum atomic E-state index is -0.639. The molecule has 1 saturated carbocycles. The van der Waals surface area contributed by atoms with Crippen molar-refractivity contribution in [3.63, 3.8) is 0 Å². The van der Waals surface area contributed by atoms with Crippen molar-refractivity contribution in [2.75, 3.05) is 0 Å². The summed E-state index contributed by atoms with van der Waals surface area (Å²) in [5.74, 6) is 0.615. The fourth-order valence-electron chi connectivity index (χ4n) is 4.98. The van der Waals surface area contributed by atoms with E-state index < -0.39 is 5.60 Å². The van der Waals surface area contributed by atoms with E-state index in [0.717, 1.165) is 12.8 Å². The number of carbonyl (C=O) groups is 1. The zero-order chi connectivity index (χ0) is 15.3. The highest BCUT2D eigenvalue weighted by Gasteiger charge is 2.57. The lowest BCUT2D eigenvalue weighted by Gasteiger charge is -2.49. The summed E-state index contributed by atoms with van der Waals surface area (Å²) in [5.41, 5.74) is -0.804. The molecule has 2 heterocycles. The molecule has 1 aliphatic carbocycles. The summed E-state index contributed by atoms with van der Waals surface area (Å²) in [6, 6.07) is 0. The molecule has 1 unspecified atom stereocenters. The normalized spacial score (nSPS) is 34.9. The van der Waals surface area contributed by atoms with Crippen molar-refractivity contribution in [1.82, 2.24) is 10.6 Å². The van der Waals surface area contributed by atoms with Crippen LogP contribution in [0, 0.1) is 5.92 Å². The molecular formula is C17H30N2O2. The van der Waals surface area contributed by atoms with Gasteiger partial charge in [0.05, 0.1) is 0 Å². The first-order valence-electron chi connectivity index (χ1n) is 8.50. The molecule has 0 aromatic rings. The standard InChI is InChI=1S/C17H30N2O2/c1-15(2)10-17(11-16(3,4)19-15)14(20)18-13(21-17)12-8-6-5-7-9-12/h12-13,19H,5-11H2,1-4H3,(H,18,20). The van der Waals surface area contributed by atoms with Gasteiger partial charge in [0.15, 0.2) is 5.60 Å². The molecule has 3 fully saturated rings. The molecule has 4 nitrogen and oxygen atoms in total. The Kier molecular flexibility index (Phi) is 3.61. The third-order valence-electron chi connectivity index (χ3n) is 5.25. The van der Waals surface area contributed by atoms with Crippen molar-refractivity contribution in [3.05, 3.63) is 0 Å². The molecule has 1 atom stereocenters. The maximum absolute atomic E-state index is 12.7. The number of amides is 1. The van der Waals surface area contributed by atoms with Crippen LogP contribution >= 0.6 is 0 Å². The first kappa shape index (κ1) is 15.3. The van der Waals surface area contributed by atoms with E-state index in [0.29, 0.717) is 5.92 Å². The largest absolute Gasteiger partial charge is 0.342 e. The molecule has 0 radical (unpaired) electrons. The summed E-state index contributed by atoms with van der Waals surface area (Å²) >= 11 is 0. The molecule has 2 aliphatic heterocycles. The van der Waals surface area contributed by atoms with Crippen LogP contribution in [0.2, 0.25) is 0 Å². The Morgan fingerprint density at radius 3 is 2.14 bits per heavy atom. The van der Waals surface area contributed by atoms with Crippen LogP contribution in [0.1, 0.15) is 72.6 Å². The summed E-state index contributed by atoms with van der Waals surface area (Å²) < 4.78 is 6.41. The number of hydrogen-bond donors (Lipinski definition) is 2. The fourth-order valence-corrected chi connectivity index (χ4v) is 4.98. The first-order valence-corrected chi connectivity index (χ1v) is 8.50. The number of hydrogen-bond acceptors (Lipinski definition) is 3. The molecule has 3 aliphatic rings. The summed E-state index contributed by atoms with van der Waals surface area (Å²) in [6.07, 6.45) is 7.67. The Labute approximate surface area is 128 Å². The zero-order valence-electron chi connectivity index (χ0n) is 13.9. The van der Waals surface area contributed by atoms with Gasteiger partial charge < -0.3 is 15.4 Å². The zero-order valence-corrected chi connectivity index (χ0v) is 13.9. The van der Waals surface area contributed by atoms with E-state index in [1.807, 2.05) is 0 Å². The van der Waals surface area contributed by atoms with Crippen molar-refractivity contribution >= 4 is 5.91 Å². The molecule has 4 heteroatoms. The van der Waals surface area contributed by atoms with E-state index in [1.54, 1.807) is 0 Å². The summed E-state index contributed by atoms with van der Waals surface area (Å²) in [5, 5.41) is 6.81. The third-order valence-corrected chi connectivity index (χ3v) is 5.25. The van der Waals surface area contributed by atoms with Crippen molar-refractivity contribution < 1.29 is 9.53 Å². The summed E-state index contributed by atoms with van der Waals surface area (Å²) in [6.45, 7) is 8.67. The van der Waals surface area contributed by atoms with Gasteiger partial charge in [-0.2, -0.15) is 0 Å². The molecule has 3 rings (SSSR count). The molecular weight excluding hydrogens is 264 g/mol. The first-order chi connectivity index (χ1) is 9.72. The lowest BCUT2D eigenvalue weighted by atomic mass is 9.72. The fraction of sp³-hybridized carbons (Fsp3) is 0.941. The quantitative estimate of drug-likeness (QED) is 0.782. The predicted octanol–water partition coefficient (Wildman–Crippen LogP) is 2.72. The number of carbonyl (C=O) groups excluding carboxylic acids is 1. The highest BCUT2D eigenvalue weighted by atomic mass is 16.5. The molecule has 1 spiro atoms. The number of piperidine rings is 1. The maximum Gasteiger partial charge on any atom is 0.254 e. The van der Waals surface area contributed by atoms with Crippen LogP contribution in [0.15, 0.2) is 0 Å². The Bertz CT molecular complexity index is 409. The molecule has 0 aromatic carbocycles. The van der Waals surface area contributed by atoms with Crippen LogP contribution in [0.5, 0.6) is 0 Å². The Balaban J connectivity index is 1.79. The molecule has 21 heavy (non-hydrogen) atoms. The van der Waals surface area contributed by atoms with Crippen LogP contribution in [-0.4, -0.2) is 28.8 Å². The monoisotopic (exact) mass is 294 g/mol. The minimum Gasteiger partial charge on any atom is -0.342 e. The van der Waals surface area contributed by atoms with E-state index >= 15 is 0 Å². The van der Waals surface area contributed by atoms with Gasteiger partial charge in [-0.25, -0.2) is 0 Å². The van der Waals surface area contributed by atoms with Crippen LogP contribution < -0.4 is 10.6 Å². The van der Waals surface area contributed by atoms with Crippen LogP contribution in [0.25, 0.3) is 0 Å². The molecule has 2 saturated heterocycles. The van der Waals surface area contributed by atoms with Crippen molar-refractivity contribution in [2.24, 2.45) is 5.92 Å². The van der Waals surface area contributed by atoms with Gasteiger partial charge in [-0.05, 0) is 40.5 Å². The Morgan fingerprint density at radius 1 is 1.00 bits per heavy atom. The van der Waals surface area contributed by atoms with E-state index in [9.17, 15) is 4.79 Å². The van der Waals surface area contributed by atoms with Crippen LogP contribution in [0.3, 0.4) is 0 Å². The summed E-state index contributed by atoms with van der Waals surface area (Å²) in [4.78, 5) is 12.7. The lowest BCUT2D eigenvalue weighted by molar-refractivity contribution is -0.150. The topological polar surface area (TPSA) is 50.4 Å². The number of rotatable bonds is 1. The smallest absolute Gasteiger partial charge is 0.254 e.